The van der Waals surface area contributed by atoms with E-state index in [1.54, 1.807) is 25.3 Å². The van der Waals surface area contributed by atoms with E-state index < -0.39 is 0 Å². The number of halogens is 1. The van der Waals surface area contributed by atoms with Gasteiger partial charge in [-0.1, -0.05) is 12.1 Å². The summed E-state index contributed by atoms with van der Waals surface area (Å²) in [5.41, 5.74) is 2.44. The zero-order valence-corrected chi connectivity index (χ0v) is 16.8. The molecule has 0 aromatic heterocycles. The zero-order chi connectivity index (χ0) is 20.8. The van der Waals surface area contributed by atoms with Gasteiger partial charge in [-0.25, -0.2) is 4.39 Å². The molecule has 1 heterocycles. The lowest BCUT2D eigenvalue weighted by atomic mass is 10.1. The molecular formula is C22H26FN3O3. The second kappa shape index (κ2) is 9.52. The molecule has 29 heavy (non-hydrogen) atoms. The number of ether oxygens (including phenoxy) is 1. The predicted octanol–water partition coefficient (Wildman–Crippen LogP) is 2.68. The van der Waals surface area contributed by atoms with Crippen molar-refractivity contribution in [2.45, 2.75) is 19.9 Å². The van der Waals surface area contributed by atoms with Crippen LogP contribution in [0.1, 0.15) is 18.1 Å². The van der Waals surface area contributed by atoms with Crippen molar-refractivity contribution in [1.82, 2.24) is 9.80 Å². The standard InChI is InChI=1S/C22H26FN3O3/c1-16(27)24-20-6-3-17(4-7-20)13-22(28)26-11-9-25(10-12-26)15-18-14-19(23)5-8-21(18)29-2/h3-8,14H,9-13,15H2,1-2H3,(H,24,27). The first-order chi connectivity index (χ1) is 13.9. The number of rotatable bonds is 6. The van der Waals surface area contributed by atoms with E-state index in [9.17, 15) is 14.0 Å². The Morgan fingerprint density at radius 3 is 2.38 bits per heavy atom. The number of hydrogen-bond donors (Lipinski definition) is 1. The van der Waals surface area contributed by atoms with Gasteiger partial charge in [0.05, 0.1) is 13.5 Å². The fraction of sp³-hybridized carbons (Fsp3) is 0.364. The number of anilines is 1. The fourth-order valence-corrected chi connectivity index (χ4v) is 3.46. The van der Waals surface area contributed by atoms with Crippen molar-refractivity contribution >= 4 is 17.5 Å². The maximum absolute atomic E-state index is 13.6. The number of amides is 2. The number of hydrogen-bond acceptors (Lipinski definition) is 4. The maximum atomic E-state index is 13.6. The smallest absolute Gasteiger partial charge is 0.227 e. The quantitative estimate of drug-likeness (QED) is 0.811. The molecule has 0 radical (unpaired) electrons. The first-order valence-electron chi connectivity index (χ1n) is 9.63. The molecule has 0 aliphatic carbocycles. The van der Waals surface area contributed by atoms with Gasteiger partial charge in [0, 0.05) is 50.9 Å². The van der Waals surface area contributed by atoms with Gasteiger partial charge in [0.25, 0.3) is 0 Å². The van der Waals surface area contributed by atoms with E-state index in [0.717, 1.165) is 29.9 Å². The van der Waals surface area contributed by atoms with Crippen molar-refractivity contribution in [1.29, 1.82) is 0 Å². The monoisotopic (exact) mass is 399 g/mol. The van der Waals surface area contributed by atoms with Crippen LogP contribution in [0, 0.1) is 5.82 Å². The summed E-state index contributed by atoms with van der Waals surface area (Å²) in [6, 6.07) is 11.8. The minimum Gasteiger partial charge on any atom is -0.496 e. The van der Waals surface area contributed by atoms with Crippen LogP contribution in [0.2, 0.25) is 0 Å². The Morgan fingerprint density at radius 2 is 1.76 bits per heavy atom. The van der Waals surface area contributed by atoms with E-state index in [-0.39, 0.29) is 17.6 Å². The van der Waals surface area contributed by atoms with Gasteiger partial charge in [0.1, 0.15) is 11.6 Å². The largest absolute Gasteiger partial charge is 0.496 e. The average Bonchev–Trinajstić information content (AvgIpc) is 2.70. The van der Waals surface area contributed by atoms with Gasteiger partial charge >= 0.3 is 0 Å². The Morgan fingerprint density at radius 1 is 1.07 bits per heavy atom. The number of nitrogens with zero attached hydrogens (tertiary/aromatic N) is 2. The molecule has 1 fully saturated rings. The first-order valence-corrected chi connectivity index (χ1v) is 9.63. The summed E-state index contributed by atoms with van der Waals surface area (Å²) in [6.45, 7) is 4.79. The second-order valence-corrected chi connectivity index (χ2v) is 7.17. The summed E-state index contributed by atoms with van der Waals surface area (Å²) in [4.78, 5) is 27.7. The molecule has 0 spiro atoms. The van der Waals surface area contributed by atoms with Crippen LogP contribution in [0.25, 0.3) is 0 Å². The lowest BCUT2D eigenvalue weighted by Crippen LogP contribution is -2.48. The van der Waals surface area contributed by atoms with Gasteiger partial charge in [-0.2, -0.15) is 0 Å². The van der Waals surface area contributed by atoms with Gasteiger partial charge in [-0.05, 0) is 35.9 Å². The molecule has 6 nitrogen and oxygen atoms in total. The van der Waals surface area contributed by atoms with Crippen molar-refractivity contribution in [3.8, 4) is 5.75 Å². The third-order valence-corrected chi connectivity index (χ3v) is 4.99. The van der Waals surface area contributed by atoms with Gasteiger partial charge in [0.2, 0.25) is 11.8 Å². The van der Waals surface area contributed by atoms with E-state index in [0.29, 0.717) is 31.8 Å². The summed E-state index contributed by atoms with van der Waals surface area (Å²) in [6.07, 6.45) is 0.331. The average molecular weight is 399 g/mol. The highest BCUT2D eigenvalue weighted by Crippen LogP contribution is 2.22. The Labute approximate surface area is 170 Å². The van der Waals surface area contributed by atoms with Crippen LogP contribution in [-0.4, -0.2) is 54.9 Å². The maximum Gasteiger partial charge on any atom is 0.227 e. The van der Waals surface area contributed by atoms with Crippen molar-refractivity contribution in [2.75, 3.05) is 38.6 Å². The summed E-state index contributed by atoms with van der Waals surface area (Å²) < 4.78 is 18.9. The molecule has 2 aromatic rings. The van der Waals surface area contributed by atoms with Crippen LogP contribution in [0.15, 0.2) is 42.5 Å². The number of piperazine rings is 1. The van der Waals surface area contributed by atoms with Crippen LogP contribution < -0.4 is 10.1 Å². The van der Waals surface area contributed by atoms with Crippen LogP contribution in [0.3, 0.4) is 0 Å². The van der Waals surface area contributed by atoms with Crippen molar-refractivity contribution < 1.29 is 18.7 Å². The van der Waals surface area contributed by atoms with Gasteiger partial charge < -0.3 is 15.0 Å². The summed E-state index contributed by atoms with van der Waals surface area (Å²) >= 11 is 0. The Balaban J connectivity index is 1.50. The van der Waals surface area contributed by atoms with Crippen molar-refractivity contribution in [2.24, 2.45) is 0 Å². The summed E-state index contributed by atoms with van der Waals surface area (Å²) in [5.74, 6) is 0.356. The zero-order valence-electron chi connectivity index (χ0n) is 16.8. The first kappa shape index (κ1) is 20.8. The molecule has 3 rings (SSSR count). The molecule has 1 N–H and O–H groups in total. The minimum atomic E-state index is -0.279. The summed E-state index contributed by atoms with van der Waals surface area (Å²) in [5, 5.41) is 2.71. The Kier molecular flexibility index (Phi) is 6.82. The summed E-state index contributed by atoms with van der Waals surface area (Å²) in [7, 11) is 1.58. The molecule has 2 amide bonds. The van der Waals surface area contributed by atoms with E-state index in [2.05, 4.69) is 10.2 Å². The van der Waals surface area contributed by atoms with Crippen LogP contribution >= 0.6 is 0 Å². The van der Waals surface area contributed by atoms with Gasteiger partial charge in [-0.3, -0.25) is 14.5 Å². The second-order valence-electron chi connectivity index (χ2n) is 7.17. The van der Waals surface area contributed by atoms with Crippen molar-refractivity contribution in [3.05, 3.63) is 59.4 Å². The molecule has 0 saturated carbocycles. The van der Waals surface area contributed by atoms with Crippen LogP contribution in [-0.2, 0) is 22.6 Å². The molecule has 2 aromatic carbocycles. The SMILES string of the molecule is COc1ccc(F)cc1CN1CCN(C(=O)Cc2ccc(NC(C)=O)cc2)CC1. The molecule has 7 heteroatoms. The highest BCUT2D eigenvalue weighted by atomic mass is 19.1. The molecule has 1 aliphatic rings. The van der Waals surface area contributed by atoms with E-state index in [4.69, 9.17) is 4.74 Å². The third-order valence-electron chi connectivity index (χ3n) is 4.99. The molecule has 154 valence electrons. The molecule has 0 bridgehead atoms. The van der Waals surface area contributed by atoms with Gasteiger partial charge in [-0.15, -0.1) is 0 Å². The topological polar surface area (TPSA) is 61.9 Å². The Bertz CT molecular complexity index is 862. The number of nitrogens with one attached hydrogen (secondary N) is 1. The lowest BCUT2D eigenvalue weighted by molar-refractivity contribution is -0.132. The fourth-order valence-electron chi connectivity index (χ4n) is 3.46. The Hall–Kier alpha value is -2.93. The molecule has 1 saturated heterocycles. The van der Waals surface area contributed by atoms with Crippen LogP contribution in [0.5, 0.6) is 5.75 Å². The van der Waals surface area contributed by atoms with Crippen molar-refractivity contribution in [3.63, 3.8) is 0 Å². The molecular weight excluding hydrogens is 373 g/mol. The number of carbonyl (C=O) groups excluding carboxylic acids is 2. The normalized spacial score (nSPS) is 14.5. The highest BCUT2D eigenvalue weighted by Gasteiger charge is 2.22. The van der Waals surface area contributed by atoms with Crippen LogP contribution in [0.4, 0.5) is 10.1 Å². The number of methoxy groups -OCH3 is 1. The minimum absolute atomic E-state index is 0.0836. The lowest BCUT2D eigenvalue weighted by Gasteiger charge is -2.35. The highest BCUT2D eigenvalue weighted by molar-refractivity contribution is 5.88. The number of benzene rings is 2. The van der Waals surface area contributed by atoms with E-state index in [1.807, 2.05) is 17.0 Å². The molecule has 1 aliphatic heterocycles. The predicted molar refractivity (Wildman–Crippen MR) is 109 cm³/mol. The van der Waals surface area contributed by atoms with E-state index in [1.165, 1.54) is 19.1 Å². The molecule has 0 unspecified atom stereocenters. The third kappa shape index (κ3) is 5.77. The van der Waals surface area contributed by atoms with Gasteiger partial charge in [0.15, 0.2) is 0 Å². The number of carbonyl (C=O) groups is 2. The molecule has 0 atom stereocenters. The van der Waals surface area contributed by atoms with E-state index >= 15 is 0 Å².